The molecule has 0 aliphatic heterocycles. The van der Waals surface area contributed by atoms with Gasteiger partial charge in [0.15, 0.2) is 5.13 Å². The molecule has 4 aromatic rings. The number of benzene rings is 1. The number of fused-ring (bicyclic) bond motifs is 1. The van der Waals surface area contributed by atoms with Crippen molar-refractivity contribution < 1.29 is 18.0 Å². The first-order chi connectivity index (χ1) is 12.9. The van der Waals surface area contributed by atoms with E-state index in [0.717, 1.165) is 6.07 Å². The van der Waals surface area contributed by atoms with Crippen molar-refractivity contribution in [2.75, 3.05) is 5.32 Å². The number of pyridine rings is 1. The van der Waals surface area contributed by atoms with E-state index < -0.39 is 17.6 Å². The van der Waals surface area contributed by atoms with Crippen molar-refractivity contribution in [3.8, 4) is 11.3 Å². The predicted octanol–water partition coefficient (Wildman–Crippen LogP) is 4.73. The van der Waals surface area contributed by atoms with E-state index in [1.807, 2.05) is 0 Å². The summed E-state index contributed by atoms with van der Waals surface area (Å²) in [5.74, 6) is -0.434. The maximum atomic E-state index is 13.3. The second-order valence-corrected chi connectivity index (χ2v) is 6.51. The number of nitrogens with zero attached hydrogens (tertiary/aromatic N) is 3. The van der Waals surface area contributed by atoms with Crippen molar-refractivity contribution in [2.24, 2.45) is 0 Å². The van der Waals surface area contributed by atoms with Crippen LogP contribution in [0.15, 0.2) is 60.4 Å². The number of imidazole rings is 1. The third-order valence-electron chi connectivity index (χ3n) is 3.89. The molecule has 5 nitrogen and oxygen atoms in total. The van der Waals surface area contributed by atoms with Crippen molar-refractivity contribution in [2.45, 2.75) is 6.18 Å². The van der Waals surface area contributed by atoms with Crippen molar-refractivity contribution >= 4 is 28.0 Å². The monoisotopic (exact) mass is 388 g/mol. The summed E-state index contributed by atoms with van der Waals surface area (Å²) in [5.41, 5.74) is -0.179. The van der Waals surface area contributed by atoms with Crippen molar-refractivity contribution in [3.63, 3.8) is 0 Å². The van der Waals surface area contributed by atoms with Gasteiger partial charge in [0, 0.05) is 29.5 Å². The number of thiazole rings is 1. The quantitative estimate of drug-likeness (QED) is 0.552. The van der Waals surface area contributed by atoms with Gasteiger partial charge in [0.2, 0.25) is 0 Å². The van der Waals surface area contributed by atoms with Crippen LogP contribution in [0.1, 0.15) is 15.9 Å². The van der Waals surface area contributed by atoms with Crippen molar-refractivity contribution in [3.05, 3.63) is 71.5 Å². The van der Waals surface area contributed by atoms with Crippen LogP contribution < -0.4 is 5.32 Å². The van der Waals surface area contributed by atoms with E-state index in [-0.39, 0.29) is 22.5 Å². The molecule has 0 bridgehead atoms. The standard InChI is InChI=1S/C18H11F3N4OS/c19-18(20,21)13-6-2-1-4-11(13)14-10-25-8-3-5-12(15(25)23-14)16(26)24-17-22-7-9-27-17/h1-10H,(H,22,24,26). The van der Waals surface area contributed by atoms with Gasteiger partial charge >= 0.3 is 6.18 Å². The van der Waals surface area contributed by atoms with E-state index in [0.29, 0.717) is 5.13 Å². The largest absolute Gasteiger partial charge is 0.417 e. The summed E-state index contributed by atoms with van der Waals surface area (Å²) < 4.78 is 41.4. The lowest BCUT2D eigenvalue weighted by molar-refractivity contribution is -0.137. The molecule has 9 heteroatoms. The summed E-state index contributed by atoms with van der Waals surface area (Å²) in [5, 5.41) is 4.80. The Hall–Kier alpha value is -3.20. The van der Waals surface area contributed by atoms with E-state index in [4.69, 9.17) is 0 Å². The van der Waals surface area contributed by atoms with Gasteiger partial charge in [-0.15, -0.1) is 11.3 Å². The van der Waals surface area contributed by atoms with Crippen LogP contribution >= 0.6 is 11.3 Å². The number of aromatic nitrogens is 3. The summed E-state index contributed by atoms with van der Waals surface area (Å²) >= 11 is 1.26. The molecule has 3 heterocycles. The molecular weight excluding hydrogens is 377 g/mol. The lowest BCUT2D eigenvalue weighted by Gasteiger charge is -2.10. The number of nitrogens with one attached hydrogen (secondary N) is 1. The summed E-state index contributed by atoms with van der Waals surface area (Å²) in [4.78, 5) is 20.8. The third kappa shape index (κ3) is 3.28. The van der Waals surface area contributed by atoms with Gasteiger partial charge in [-0.25, -0.2) is 9.97 Å². The fourth-order valence-corrected chi connectivity index (χ4v) is 3.25. The molecule has 1 aromatic carbocycles. The number of rotatable bonds is 3. The van der Waals surface area contributed by atoms with Gasteiger partial charge in [-0.3, -0.25) is 10.1 Å². The summed E-state index contributed by atoms with van der Waals surface area (Å²) in [7, 11) is 0. The SMILES string of the molecule is O=C(Nc1nccs1)c1cccn2cc(-c3ccccc3C(F)(F)F)nc12. The molecule has 4 rings (SSSR count). The summed E-state index contributed by atoms with van der Waals surface area (Å²) in [6.07, 6.45) is 0.155. The molecule has 0 fully saturated rings. The predicted molar refractivity (Wildman–Crippen MR) is 95.7 cm³/mol. The Morgan fingerprint density at radius 3 is 2.70 bits per heavy atom. The highest BCUT2D eigenvalue weighted by Crippen LogP contribution is 2.36. The van der Waals surface area contributed by atoms with E-state index in [9.17, 15) is 18.0 Å². The van der Waals surface area contributed by atoms with Crippen LogP contribution in [-0.4, -0.2) is 20.3 Å². The third-order valence-corrected chi connectivity index (χ3v) is 4.58. The minimum atomic E-state index is -4.50. The molecule has 27 heavy (non-hydrogen) atoms. The number of halogens is 3. The van der Waals surface area contributed by atoms with Crippen LogP contribution in [0.2, 0.25) is 0 Å². The van der Waals surface area contributed by atoms with Gasteiger partial charge in [-0.1, -0.05) is 18.2 Å². The molecule has 0 aliphatic rings. The Labute approximate surface area is 155 Å². The second-order valence-electron chi connectivity index (χ2n) is 5.61. The highest BCUT2D eigenvalue weighted by Gasteiger charge is 2.34. The highest BCUT2D eigenvalue weighted by atomic mass is 32.1. The Morgan fingerprint density at radius 2 is 1.96 bits per heavy atom. The molecule has 0 spiro atoms. The van der Waals surface area contributed by atoms with Gasteiger partial charge in [-0.05, 0) is 18.2 Å². The van der Waals surface area contributed by atoms with Crippen LogP contribution in [0, 0.1) is 0 Å². The number of alkyl halides is 3. The fourth-order valence-electron chi connectivity index (χ4n) is 2.72. The summed E-state index contributed by atoms with van der Waals surface area (Å²) in [6.45, 7) is 0. The van der Waals surface area contributed by atoms with E-state index in [1.165, 1.54) is 40.1 Å². The van der Waals surface area contributed by atoms with Gasteiger partial charge < -0.3 is 4.40 Å². The lowest BCUT2D eigenvalue weighted by atomic mass is 10.0. The maximum absolute atomic E-state index is 13.3. The molecule has 136 valence electrons. The normalized spacial score (nSPS) is 11.7. The van der Waals surface area contributed by atoms with E-state index >= 15 is 0 Å². The molecule has 0 radical (unpaired) electrons. The van der Waals surface area contributed by atoms with Crippen LogP contribution in [0.5, 0.6) is 0 Å². The lowest BCUT2D eigenvalue weighted by Crippen LogP contribution is -2.13. The highest BCUT2D eigenvalue weighted by molar-refractivity contribution is 7.13. The summed E-state index contributed by atoms with van der Waals surface area (Å²) in [6, 6.07) is 8.41. The number of carbonyl (C=O) groups is 1. The van der Waals surface area contributed by atoms with E-state index in [2.05, 4.69) is 15.3 Å². The second kappa shape index (κ2) is 6.51. The molecule has 0 unspecified atom stereocenters. The van der Waals surface area contributed by atoms with Gasteiger partial charge in [-0.2, -0.15) is 13.2 Å². The number of hydrogen-bond donors (Lipinski definition) is 1. The number of amides is 1. The Balaban J connectivity index is 1.79. The molecule has 0 atom stereocenters. The fraction of sp³-hybridized carbons (Fsp3) is 0.0556. The molecule has 0 aliphatic carbocycles. The van der Waals surface area contributed by atoms with Crippen molar-refractivity contribution in [1.82, 2.24) is 14.4 Å². The molecule has 0 saturated heterocycles. The maximum Gasteiger partial charge on any atom is 0.417 e. The van der Waals surface area contributed by atoms with Crippen LogP contribution in [0.25, 0.3) is 16.9 Å². The minimum Gasteiger partial charge on any atom is -0.306 e. The number of anilines is 1. The van der Waals surface area contributed by atoms with Crippen LogP contribution in [-0.2, 0) is 6.18 Å². The first kappa shape index (κ1) is 17.2. The zero-order valence-corrected chi connectivity index (χ0v) is 14.4. The Bertz CT molecular complexity index is 1120. The molecule has 1 amide bonds. The number of carbonyl (C=O) groups excluding carboxylic acids is 1. The first-order valence-electron chi connectivity index (χ1n) is 7.78. The average Bonchev–Trinajstić information content (AvgIpc) is 3.29. The molecule has 3 aromatic heterocycles. The first-order valence-corrected chi connectivity index (χ1v) is 8.66. The zero-order valence-electron chi connectivity index (χ0n) is 13.6. The number of hydrogen-bond acceptors (Lipinski definition) is 4. The van der Waals surface area contributed by atoms with Gasteiger partial charge in [0.1, 0.15) is 5.65 Å². The van der Waals surface area contributed by atoms with Crippen LogP contribution in [0.4, 0.5) is 18.3 Å². The Morgan fingerprint density at radius 1 is 1.15 bits per heavy atom. The smallest absolute Gasteiger partial charge is 0.306 e. The minimum absolute atomic E-state index is 0.0417. The van der Waals surface area contributed by atoms with Gasteiger partial charge in [0.05, 0.1) is 16.8 Å². The van der Waals surface area contributed by atoms with Crippen molar-refractivity contribution in [1.29, 1.82) is 0 Å². The van der Waals surface area contributed by atoms with Gasteiger partial charge in [0.25, 0.3) is 5.91 Å². The zero-order chi connectivity index (χ0) is 19.0. The van der Waals surface area contributed by atoms with Crippen LogP contribution in [0.3, 0.4) is 0 Å². The molecule has 0 saturated carbocycles. The topological polar surface area (TPSA) is 59.3 Å². The molecule has 1 N–H and O–H groups in total. The molecular formula is C18H11F3N4OS. The van der Waals surface area contributed by atoms with E-state index in [1.54, 1.807) is 29.9 Å². The Kier molecular flexibility index (Phi) is 4.15. The average molecular weight is 388 g/mol.